The zero-order chi connectivity index (χ0) is 15.0. The molecule has 114 valence electrons. The Morgan fingerprint density at radius 2 is 1.65 bits per heavy atom. The van der Waals surface area contributed by atoms with E-state index in [1.54, 1.807) is 12.1 Å². The van der Waals surface area contributed by atoms with Crippen molar-refractivity contribution < 1.29 is 13.2 Å². The lowest BCUT2D eigenvalue weighted by atomic mass is 9.99. The van der Waals surface area contributed by atoms with Crippen molar-refractivity contribution in [1.82, 2.24) is 5.32 Å². The lowest BCUT2D eigenvalue weighted by Gasteiger charge is -2.19. The molecule has 1 rings (SSSR count). The highest BCUT2D eigenvalue weighted by Crippen LogP contribution is 2.30. The van der Waals surface area contributed by atoms with E-state index in [1.807, 2.05) is 6.92 Å². The maximum atomic E-state index is 12.5. The van der Waals surface area contributed by atoms with E-state index in [4.69, 9.17) is 0 Å². The first kappa shape index (κ1) is 17.0. The Morgan fingerprint density at radius 1 is 1.00 bits per heavy atom. The summed E-state index contributed by atoms with van der Waals surface area (Å²) in [7, 11) is 0. The van der Waals surface area contributed by atoms with Gasteiger partial charge in [-0.1, -0.05) is 51.7 Å². The number of alkyl halides is 3. The van der Waals surface area contributed by atoms with Crippen molar-refractivity contribution in [2.75, 3.05) is 6.54 Å². The van der Waals surface area contributed by atoms with Gasteiger partial charge in [-0.3, -0.25) is 0 Å². The summed E-state index contributed by atoms with van der Waals surface area (Å²) in [6.45, 7) is 5.00. The van der Waals surface area contributed by atoms with Gasteiger partial charge in [-0.05, 0) is 30.7 Å². The van der Waals surface area contributed by atoms with Gasteiger partial charge in [-0.2, -0.15) is 13.2 Å². The minimum Gasteiger partial charge on any atom is -0.310 e. The molecule has 0 saturated heterocycles. The normalized spacial score (nSPS) is 13.4. The maximum absolute atomic E-state index is 12.5. The average Bonchev–Trinajstić information content (AvgIpc) is 2.41. The number of nitrogens with one attached hydrogen (secondary N) is 1. The second-order valence-corrected chi connectivity index (χ2v) is 5.08. The van der Waals surface area contributed by atoms with Crippen LogP contribution in [-0.4, -0.2) is 6.54 Å². The van der Waals surface area contributed by atoms with Crippen molar-refractivity contribution in [2.45, 2.75) is 58.2 Å². The van der Waals surface area contributed by atoms with Gasteiger partial charge in [0.15, 0.2) is 0 Å². The quantitative estimate of drug-likeness (QED) is 0.637. The molecule has 1 nitrogen and oxygen atoms in total. The average molecular weight is 287 g/mol. The molecular weight excluding hydrogens is 263 g/mol. The smallest absolute Gasteiger partial charge is 0.310 e. The predicted octanol–water partition coefficient (Wildman–Crippen LogP) is 5.33. The van der Waals surface area contributed by atoms with Gasteiger partial charge >= 0.3 is 6.18 Å². The highest BCUT2D eigenvalue weighted by Gasteiger charge is 2.30. The molecule has 1 atom stereocenters. The molecule has 1 aromatic rings. The zero-order valence-electron chi connectivity index (χ0n) is 12.3. The van der Waals surface area contributed by atoms with Crippen molar-refractivity contribution >= 4 is 0 Å². The number of hydrogen-bond acceptors (Lipinski definition) is 1. The van der Waals surface area contributed by atoms with Gasteiger partial charge in [-0.15, -0.1) is 0 Å². The molecule has 1 aromatic carbocycles. The third-order valence-electron chi connectivity index (χ3n) is 3.44. The topological polar surface area (TPSA) is 12.0 Å². The Labute approximate surface area is 119 Å². The molecule has 0 aliphatic rings. The van der Waals surface area contributed by atoms with Crippen LogP contribution in [0.1, 0.15) is 63.1 Å². The molecule has 0 aliphatic heterocycles. The molecule has 1 unspecified atom stereocenters. The summed E-state index contributed by atoms with van der Waals surface area (Å²) in [5.74, 6) is 0. The van der Waals surface area contributed by atoms with Crippen LogP contribution >= 0.6 is 0 Å². The maximum Gasteiger partial charge on any atom is 0.416 e. The second kappa shape index (κ2) is 8.30. The van der Waals surface area contributed by atoms with Crippen LogP contribution in [0.25, 0.3) is 0 Å². The van der Waals surface area contributed by atoms with Crippen LogP contribution < -0.4 is 5.32 Å². The molecule has 0 bridgehead atoms. The minimum atomic E-state index is -4.26. The summed E-state index contributed by atoms with van der Waals surface area (Å²) in [6, 6.07) is 5.68. The molecule has 0 amide bonds. The summed E-state index contributed by atoms with van der Waals surface area (Å²) in [5.41, 5.74) is 0.360. The van der Waals surface area contributed by atoms with E-state index in [9.17, 15) is 13.2 Å². The van der Waals surface area contributed by atoms with Crippen LogP contribution in [0, 0.1) is 0 Å². The fraction of sp³-hybridized carbons (Fsp3) is 0.625. The first-order valence-corrected chi connectivity index (χ1v) is 7.39. The van der Waals surface area contributed by atoms with Gasteiger partial charge in [0.25, 0.3) is 0 Å². The summed E-state index contributed by atoms with van der Waals surface area (Å²) >= 11 is 0. The van der Waals surface area contributed by atoms with Gasteiger partial charge in [0, 0.05) is 6.04 Å². The number of hydrogen-bond donors (Lipinski definition) is 1. The van der Waals surface area contributed by atoms with Crippen LogP contribution in [0.4, 0.5) is 13.2 Å². The number of halogens is 3. The molecule has 0 aromatic heterocycles. The molecule has 1 N–H and O–H groups in total. The monoisotopic (exact) mass is 287 g/mol. The fourth-order valence-electron chi connectivity index (χ4n) is 2.31. The van der Waals surface area contributed by atoms with Gasteiger partial charge < -0.3 is 5.32 Å². The molecule has 0 spiro atoms. The lowest BCUT2D eigenvalue weighted by molar-refractivity contribution is -0.137. The minimum absolute atomic E-state index is 0.152. The van der Waals surface area contributed by atoms with Gasteiger partial charge in [0.2, 0.25) is 0 Å². The highest BCUT2D eigenvalue weighted by molar-refractivity contribution is 5.26. The van der Waals surface area contributed by atoms with E-state index in [2.05, 4.69) is 12.2 Å². The van der Waals surface area contributed by atoms with Gasteiger partial charge in [-0.25, -0.2) is 0 Å². The van der Waals surface area contributed by atoms with Crippen molar-refractivity contribution in [3.05, 3.63) is 35.4 Å². The SMILES string of the molecule is CCCCCCC(NCC)c1ccc(C(F)(F)F)cc1. The fourth-order valence-corrected chi connectivity index (χ4v) is 2.31. The summed E-state index contributed by atoms with van der Waals surface area (Å²) in [6.07, 6.45) is 1.40. The van der Waals surface area contributed by atoms with E-state index >= 15 is 0 Å². The summed E-state index contributed by atoms with van der Waals surface area (Å²) in [5, 5.41) is 3.35. The number of unbranched alkanes of at least 4 members (excludes halogenated alkanes) is 3. The van der Waals surface area contributed by atoms with Crippen LogP contribution in [0.5, 0.6) is 0 Å². The molecule has 0 aliphatic carbocycles. The van der Waals surface area contributed by atoms with Crippen LogP contribution in [0.2, 0.25) is 0 Å². The van der Waals surface area contributed by atoms with Crippen molar-refractivity contribution in [1.29, 1.82) is 0 Å². The molecule has 0 fully saturated rings. The Morgan fingerprint density at radius 3 is 2.15 bits per heavy atom. The van der Waals surface area contributed by atoms with Crippen LogP contribution in [-0.2, 0) is 6.18 Å². The Bertz CT molecular complexity index is 370. The van der Waals surface area contributed by atoms with Crippen molar-refractivity contribution in [3.8, 4) is 0 Å². The molecule has 20 heavy (non-hydrogen) atoms. The van der Waals surface area contributed by atoms with Gasteiger partial charge in [0.1, 0.15) is 0 Å². The van der Waals surface area contributed by atoms with Crippen molar-refractivity contribution in [2.24, 2.45) is 0 Å². The summed E-state index contributed by atoms with van der Waals surface area (Å²) < 4.78 is 37.6. The Kier molecular flexibility index (Phi) is 7.06. The largest absolute Gasteiger partial charge is 0.416 e. The Balaban J connectivity index is 2.66. The third kappa shape index (κ3) is 5.53. The van der Waals surface area contributed by atoms with Gasteiger partial charge in [0.05, 0.1) is 5.56 Å². The molecule has 0 heterocycles. The predicted molar refractivity (Wildman–Crippen MR) is 76.6 cm³/mol. The molecular formula is C16H24F3N. The first-order valence-electron chi connectivity index (χ1n) is 7.39. The summed E-state index contributed by atoms with van der Waals surface area (Å²) in [4.78, 5) is 0. The van der Waals surface area contributed by atoms with Crippen LogP contribution in [0.15, 0.2) is 24.3 Å². The van der Waals surface area contributed by atoms with E-state index in [0.29, 0.717) is 0 Å². The van der Waals surface area contributed by atoms with E-state index in [-0.39, 0.29) is 6.04 Å². The Hall–Kier alpha value is -1.03. The standard InChI is InChI=1S/C16H24F3N/c1-3-5-6-7-8-15(20-4-2)13-9-11-14(12-10-13)16(17,18)19/h9-12,15,20H,3-8H2,1-2H3. The highest BCUT2D eigenvalue weighted by atomic mass is 19.4. The van der Waals surface area contributed by atoms with E-state index in [1.165, 1.54) is 31.4 Å². The number of rotatable bonds is 8. The van der Waals surface area contributed by atoms with Crippen LogP contribution in [0.3, 0.4) is 0 Å². The molecule has 0 radical (unpaired) electrons. The first-order chi connectivity index (χ1) is 9.49. The van der Waals surface area contributed by atoms with Crippen molar-refractivity contribution in [3.63, 3.8) is 0 Å². The lowest BCUT2D eigenvalue weighted by Crippen LogP contribution is -2.21. The van der Waals surface area contributed by atoms with E-state index in [0.717, 1.165) is 24.9 Å². The second-order valence-electron chi connectivity index (χ2n) is 5.08. The zero-order valence-corrected chi connectivity index (χ0v) is 12.3. The molecule has 0 saturated carbocycles. The van der Waals surface area contributed by atoms with E-state index < -0.39 is 11.7 Å². The molecule has 4 heteroatoms. The third-order valence-corrected chi connectivity index (χ3v) is 3.44. The number of benzene rings is 1.